The van der Waals surface area contributed by atoms with Gasteiger partial charge >= 0.3 is 5.97 Å². The minimum absolute atomic E-state index is 0.127. The van der Waals surface area contributed by atoms with E-state index in [1.165, 1.54) is 24.3 Å². The minimum atomic E-state index is -4.24. The smallest absolute Gasteiger partial charge is 0.339 e. The van der Waals surface area contributed by atoms with Gasteiger partial charge in [-0.15, -0.1) is 0 Å². The Morgan fingerprint density at radius 3 is 1.93 bits per heavy atom. The number of benzene rings is 2. The van der Waals surface area contributed by atoms with Crippen molar-refractivity contribution in [3.8, 4) is 11.5 Å². The molecular formula is C16H15N3O8S. The number of aromatic carboxylic acids is 1. The van der Waals surface area contributed by atoms with Crippen molar-refractivity contribution in [2.75, 3.05) is 12.3 Å². The van der Waals surface area contributed by atoms with Gasteiger partial charge in [0.2, 0.25) is 0 Å². The minimum Gasteiger partial charge on any atom is -0.507 e. The van der Waals surface area contributed by atoms with Crippen LogP contribution in [0.5, 0.6) is 11.5 Å². The van der Waals surface area contributed by atoms with E-state index in [1.807, 2.05) is 0 Å². The summed E-state index contributed by atoms with van der Waals surface area (Å²) in [6.45, 7) is -0.367. The number of aromatic hydroxyl groups is 2. The molecule has 2 aromatic carbocycles. The van der Waals surface area contributed by atoms with Gasteiger partial charge in [0.25, 0.3) is 16.0 Å². The molecule has 0 radical (unpaired) electrons. The standard InChI is InChI=1S/C16H15N3O8S/c20-13-3-1-9(7-11(13)15(22)17-5-6-28(25,26)27)18-19-10-2-4-14(21)12(8-10)16(23)24/h1-4,7-8,20-21H,5-6H2,(H,17,22)(H,23,24)(H,25,26,27). The maximum absolute atomic E-state index is 12.0. The zero-order valence-corrected chi connectivity index (χ0v) is 14.9. The average Bonchev–Trinajstić information content (AvgIpc) is 2.60. The summed E-state index contributed by atoms with van der Waals surface area (Å²) in [4.78, 5) is 23.0. The number of azo groups is 1. The van der Waals surface area contributed by atoms with Gasteiger partial charge in [-0.2, -0.15) is 18.6 Å². The molecule has 0 heterocycles. The fraction of sp³-hybridized carbons (Fsp3) is 0.125. The number of carbonyl (C=O) groups excluding carboxylic acids is 1. The van der Waals surface area contributed by atoms with Gasteiger partial charge in [-0.1, -0.05) is 0 Å². The Labute approximate surface area is 158 Å². The number of carboxylic acid groups (broad SMARTS) is 1. The highest BCUT2D eigenvalue weighted by Crippen LogP contribution is 2.27. The van der Waals surface area contributed by atoms with Crippen LogP contribution < -0.4 is 5.32 Å². The first-order valence-corrected chi connectivity index (χ1v) is 9.22. The molecule has 11 nitrogen and oxygen atoms in total. The number of nitrogens with zero attached hydrogens (tertiary/aromatic N) is 2. The molecule has 0 spiro atoms. The quantitative estimate of drug-likeness (QED) is 0.338. The normalized spacial score (nSPS) is 11.5. The molecule has 0 bridgehead atoms. The Hall–Kier alpha value is -3.51. The van der Waals surface area contributed by atoms with Crippen LogP contribution in [0.2, 0.25) is 0 Å². The van der Waals surface area contributed by atoms with Gasteiger partial charge < -0.3 is 20.6 Å². The molecule has 0 saturated heterocycles. The molecule has 28 heavy (non-hydrogen) atoms. The highest BCUT2D eigenvalue weighted by atomic mass is 32.2. The molecule has 0 aliphatic carbocycles. The zero-order chi connectivity index (χ0) is 20.9. The van der Waals surface area contributed by atoms with Crippen molar-refractivity contribution < 1.29 is 37.9 Å². The third-order valence-electron chi connectivity index (χ3n) is 3.36. The number of amides is 1. The number of nitrogens with one attached hydrogen (secondary N) is 1. The number of rotatable bonds is 7. The number of phenolic OH excluding ortho intramolecular Hbond substituents is 1. The molecule has 2 aromatic rings. The first-order chi connectivity index (χ1) is 13.1. The van der Waals surface area contributed by atoms with Crippen LogP contribution in [-0.2, 0) is 10.1 Å². The fourth-order valence-electron chi connectivity index (χ4n) is 2.03. The molecule has 12 heteroatoms. The SMILES string of the molecule is O=C(O)c1cc(N=Nc2ccc(O)c(C(=O)NCCS(=O)(=O)O)c2)ccc1O. The Morgan fingerprint density at radius 2 is 1.43 bits per heavy atom. The molecule has 0 aliphatic heterocycles. The van der Waals surface area contributed by atoms with Crippen molar-refractivity contribution in [3.63, 3.8) is 0 Å². The van der Waals surface area contributed by atoms with Crippen LogP contribution in [0.1, 0.15) is 20.7 Å². The van der Waals surface area contributed by atoms with E-state index in [0.717, 1.165) is 12.1 Å². The van der Waals surface area contributed by atoms with Crippen LogP contribution in [0.4, 0.5) is 11.4 Å². The van der Waals surface area contributed by atoms with Crippen LogP contribution in [0.3, 0.4) is 0 Å². The molecule has 0 aliphatic rings. The van der Waals surface area contributed by atoms with Gasteiger partial charge in [0.05, 0.1) is 22.7 Å². The zero-order valence-electron chi connectivity index (χ0n) is 14.1. The van der Waals surface area contributed by atoms with E-state index in [1.54, 1.807) is 0 Å². The third-order valence-corrected chi connectivity index (χ3v) is 4.08. The number of carbonyl (C=O) groups is 2. The van der Waals surface area contributed by atoms with Gasteiger partial charge in [-0.25, -0.2) is 4.79 Å². The fourth-order valence-corrected chi connectivity index (χ4v) is 2.39. The van der Waals surface area contributed by atoms with Gasteiger partial charge in [-0.3, -0.25) is 9.35 Å². The van der Waals surface area contributed by atoms with Crippen molar-refractivity contribution in [3.05, 3.63) is 47.5 Å². The van der Waals surface area contributed by atoms with Gasteiger partial charge in [-0.05, 0) is 36.4 Å². The summed E-state index contributed by atoms with van der Waals surface area (Å²) in [6, 6.07) is 7.26. The summed E-state index contributed by atoms with van der Waals surface area (Å²) in [5.74, 6) is -3.65. The Bertz CT molecular complexity index is 1050. The summed E-state index contributed by atoms with van der Waals surface area (Å²) in [5.41, 5.74) is -0.296. The predicted octanol–water partition coefficient (Wildman–Crippen LogP) is 1.83. The first kappa shape index (κ1) is 20.8. The highest BCUT2D eigenvalue weighted by molar-refractivity contribution is 7.85. The van der Waals surface area contributed by atoms with E-state index in [0.29, 0.717) is 0 Å². The number of phenols is 2. The highest BCUT2D eigenvalue weighted by Gasteiger charge is 2.14. The summed E-state index contributed by atoms with van der Waals surface area (Å²) < 4.78 is 29.9. The van der Waals surface area contributed by atoms with E-state index >= 15 is 0 Å². The molecule has 0 fully saturated rings. The number of hydrogen-bond acceptors (Lipinski definition) is 8. The van der Waals surface area contributed by atoms with E-state index in [2.05, 4.69) is 15.5 Å². The van der Waals surface area contributed by atoms with Crippen LogP contribution >= 0.6 is 0 Å². The number of hydrogen-bond donors (Lipinski definition) is 5. The molecule has 1 amide bonds. The van der Waals surface area contributed by atoms with Crippen molar-refractivity contribution in [1.82, 2.24) is 5.32 Å². The third kappa shape index (κ3) is 5.75. The second-order valence-corrected chi connectivity index (χ2v) is 7.02. The lowest BCUT2D eigenvalue weighted by molar-refractivity contribution is 0.0693. The molecule has 0 aromatic heterocycles. The first-order valence-electron chi connectivity index (χ1n) is 7.61. The second-order valence-electron chi connectivity index (χ2n) is 5.45. The van der Waals surface area contributed by atoms with E-state index in [4.69, 9.17) is 9.66 Å². The van der Waals surface area contributed by atoms with Gasteiger partial charge in [0.1, 0.15) is 17.1 Å². The van der Waals surface area contributed by atoms with Crippen LogP contribution in [0.15, 0.2) is 46.6 Å². The lowest BCUT2D eigenvalue weighted by Gasteiger charge is -2.06. The topological polar surface area (TPSA) is 186 Å². The molecule has 5 N–H and O–H groups in total. The average molecular weight is 409 g/mol. The van der Waals surface area contributed by atoms with E-state index in [-0.39, 0.29) is 34.8 Å². The second kappa shape index (κ2) is 8.45. The molecule has 0 atom stereocenters. The van der Waals surface area contributed by atoms with E-state index in [9.17, 15) is 28.2 Å². The summed E-state index contributed by atoms with van der Waals surface area (Å²) >= 11 is 0. The monoisotopic (exact) mass is 409 g/mol. The van der Waals surface area contributed by atoms with Crippen LogP contribution in [0, 0.1) is 0 Å². The van der Waals surface area contributed by atoms with Gasteiger partial charge in [0, 0.05) is 6.54 Å². The van der Waals surface area contributed by atoms with Crippen molar-refractivity contribution >= 4 is 33.4 Å². The summed E-state index contributed by atoms with van der Waals surface area (Å²) in [5, 5.41) is 38.1. The molecule has 2 rings (SSSR count). The lowest BCUT2D eigenvalue weighted by Crippen LogP contribution is -2.28. The summed E-state index contributed by atoms with van der Waals surface area (Å²) in [7, 11) is -4.24. The van der Waals surface area contributed by atoms with Crippen molar-refractivity contribution in [2.24, 2.45) is 10.2 Å². The Balaban J connectivity index is 2.18. The molecule has 148 valence electrons. The Morgan fingerprint density at radius 1 is 0.929 bits per heavy atom. The van der Waals surface area contributed by atoms with Crippen molar-refractivity contribution in [1.29, 1.82) is 0 Å². The molecule has 0 unspecified atom stereocenters. The largest absolute Gasteiger partial charge is 0.507 e. The summed E-state index contributed by atoms with van der Waals surface area (Å²) in [6.07, 6.45) is 0. The maximum atomic E-state index is 12.0. The van der Waals surface area contributed by atoms with Crippen molar-refractivity contribution in [2.45, 2.75) is 0 Å². The van der Waals surface area contributed by atoms with Crippen LogP contribution in [0.25, 0.3) is 0 Å². The molecule has 0 saturated carbocycles. The molecular weight excluding hydrogens is 394 g/mol. The van der Waals surface area contributed by atoms with Crippen LogP contribution in [-0.4, -0.2) is 52.5 Å². The number of carboxylic acids is 1. The van der Waals surface area contributed by atoms with Gasteiger partial charge in [0.15, 0.2) is 0 Å². The van der Waals surface area contributed by atoms with E-state index < -0.39 is 33.5 Å². The lowest BCUT2D eigenvalue weighted by atomic mass is 10.1. The predicted molar refractivity (Wildman–Crippen MR) is 96.1 cm³/mol. The Kier molecular flexibility index (Phi) is 6.28. The maximum Gasteiger partial charge on any atom is 0.339 e.